The van der Waals surface area contributed by atoms with Gasteiger partial charge in [-0.3, -0.25) is 14.4 Å². The number of likely N-dealkylation sites (tertiary alicyclic amines) is 1. The van der Waals surface area contributed by atoms with Crippen LogP contribution in [0.1, 0.15) is 73.6 Å². The molecule has 0 aromatic heterocycles. The fraction of sp³-hybridized carbons (Fsp3) is 0.875. The lowest BCUT2D eigenvalue weighted by molar-refractivity contribution is -0.144. The minimum absolute atomic E-state index is 0.0223. The summed E-state index contributed by atoms with van der Waals surface area (Å²) in [4.78, 5) is 40.8. The maximum atomic E-state index is 13.5. The summed E-state index contributed by atoms with van der Waals surface area (Å²) >= 11 is 0. The fourth-order valence-electron chi connectivity index (χ4n) is 5.06. The van der Waals surface area contributed by atoms with E-state index in [1.807, 2.05) is 27.7 Å². The summed E-state index contributed by atoms with van der Waals surface area (Å²) < 4.78 is 0. The van der Waals surface area contributed by atoms with Gasteiger partial charge in [-0.15, -0.1) is 0 Å². The molecule has 3 amide bonds. The Hall–Kier alpha value is -1.67. The van der Waals surface area contributed by atoms with Crippen LogP contribution in [0.4, 0.5) is 0 Å². The van der Waals surface area contributed by atoms with Crippen molar-refractivity contribution in [2.75, 3.05) is 6.54 Å². The number of nitrogens with two attached hydrogens (primary N) is 1. The van der Waals surface area contributed by atoms with E-state index >= 15 is 0 Å². The molecule has 32 heavy (non-hydrogen) atoms. The smallest absolute Gasteiger partial charge is 0.251 e. The molecule has 0 unspecified atom stereocenters. The van der Waals surface area contributed by atoms with E-state index in [1.54, 1.807) is 4.90 Å². The van der Waals surface area contributed by atoms with Gasteiger partial charge in [-0.1, -0.05) is 54.4 Å². The number of nitrogens with one attached hydrogen (secondary N) is 2. The SMILES string of the molecule is CCCC[C@H](NC(=O)[C@@H]1[C@@H]2[C@H](CN1C(=O)[C@@H](N)C(C)(C)C)C2(C)C)[C@H](O)C(=O)NC1CC1. The number of rotatable bonds is 9. The van der Waals surface area contributed by atoms with Gasteiger partial charge in [-0.05, 0) is 41.9 Å². The average molecular weight is 451 g/mol. The lowest BCUT2D eigenvalue weighted by Gasteiger charge is -2.36. The van der Waals surface area contributed by atoms with Crippen molar-refractivity contribution in [3.63, 3.8) is 0 Å². The van der Waals surface area contributed by atoms with Crippen LogP contribution in [0, 0.1) is 22.7 Å². The maximum absolute atomic E-state index is 13.5. The van der Waals surface area contributed by atoms with Crippen LogP contribution >= 0.6 is 0 Å². The Morgan fingerprint density at radius 2 is 1.84 bits per heavy atom. The fourth-order valence-corrected chi connectivity index (χ4v) is 5.06. The largest absolute Gasteiger partial charge is 0.381 e. The molecule has 6 atom stereocenters. The van der Waals surface area contributed by atoms with Gasteiger partial charge < -0.3 is 26.4 Å². The highest BCUT2D eigenvalue weighted by molar-refractivity contribution is 5.92. The van der Waals surface area contributed by atoms with E-state index in [0.717, 1.165) is 25.7 Å². The number of hydrogen-bond acceptors (Lipinski definition) is 5. The number of fused-ring (bicyclic) bond motifs is 1. The number of amides is 3. The monoisotopic (exact) mass is 450 g/mol. The van der Waals surface area contributed by atoms with Crippen LogP contribution in [0.2, 0.25) is 0 Å². The van der Waals surface area contributed by atoms with Crippen LogP contribution in [-0.2, 0) is 14.4 Å². The molecule has 0 aromatic carbocycles. The summed E-state index contributed by atoms with van der Waals surface area (Å²) in [7, 11) is 0. The topological polar surface area (TPSA) is 125 Å². The maximum Gasteiger partial charge on any atom is 0.251 e. The van der Waals surface area contributed by atoms with Gasteiger partial charge >= 0.3 is 0 Å². The highest BCUT2D eigenvalue weighted by Crippen LogP contribution is 2.65. The Labute approximate surface area is 192 Å². The molecule has 8 nitrogen and oxygen atoms in total. The predicted octanol–water partition coefficient (Wildman–Crippen LogP) is 1.16. The van der Waals surface area contributed by atoms with Gasteiger partial charge in [0.1, 0.15) is 6.04 Å². The third-order valence-corrected chi connectivity index (χ3v) is 7.73. The molecule has 8 heteroatoms. The zero-order valence-corrected chi connectivity index (χ0v) is 20.5. The highest BCUT2D eigenvalue weighted by atomic mass is 16.3. The zero-order chi connectivity index (χ0) is 24.0. The quantitative estimate of drug-likeness (QED) is 0.419. The summed E-state index contributed by atoms with van der Waals surface area (Å²) in [6.07, 6.45) is 2.71. The molecule has 2 aliphatic carbocycles. The summed E-state index contributed by atoms with van der Waals surface area (Å²) in [6, 6.07) is -1.88. The number of nitrogens with zero attached hydrogens (tertiary/aromatic N) is 1. The Morgan fingerprint density at radius 3 is 2.38 bits per heavy atom. The summed E-state index contributed by atoms with van der Waals surface area (Å²) in [5, 5.41) is 16.5. The van der Waals surface area contributed by atoms with E-state index < -0.39 is 35.6 Å². The van der Waals surface area contributed by atoms with E-state index in [0.29, 0.717) is 13.0 Å². The molecular weight excluding hydrogens is 408 g/mol. The number of unbranched alkanes of at least 4 members (excludes halogenated alkanes) is 1. The van der Waals surface area contributed by atoms with Crippen LogP contribution < -0.4 is 16.4 Å². The van der Waals surface area contributed by atoms with Crippen LogP contribution in [-0.4, -0.2) is 64.5 Å². The first-order chi connectivity index (χ1) is 14.8. The average Bonchev–Trinajstić information content (AvgIpc) is 3.55. The molecule has 5 N–H and O–H groups in total. The third kappa shape index (κ3) is 4.96. The Balaban J connectivity index is 1.75. The number of hydrogen-bond donors (Lipinski definition) is 4. The van der Waals surface area contributed by atoms with Gasteiger partial charge in [-0.25, -0.2) is 0 Å². The van der Waals surface area contributed by atoms with Gasteiger partial charge in [-0.2, -0.15) is 0 Å². The number of aliphatic hydroxyl groups is 1. The summed E-state index contributed by atoms with van der Waals surface area (Å²) in [5.74, 6) is -0.628. The predicted molar refractivity (Wildman–Crippen MR) is 122 cm³/mol. The molecule has 182 valence electrons. The van der Waals surface area contributed by atoms with Gasteiger partial charge in [0.15, 0.2) is 6.10 Å². The first-order valence-electron chi connectivity index (χ1n) is 12.2. The molecule has 0 radical (unpaired) electrons. The van der Waals surface area contributed by atoms with Crippen molar-refractivity contribution in [3.8, 4) is 0 Å². The van der Waals surface area contributed by atoms with E-state index in [2.05, 4.69) is 24.5 Å². The zero-order valence-electron chi connectivity index (χ0n) is 20.5. The van der Waals surface area contributed by atoms with Gasteiger partial charge in [0, 0.05) is 12.6 Å². The van der Waals surface area contributed by atoms with E-state index in [9.17, 15) is 19.5 Å². The van der Waals surface area contributed by atoms with Crippen LogP contribution in [0.3, 0.4) is 0 Å². The van der Waals surface area contributed by atoms with E-state index in [4.69, 9.17) is 5.73 Å². The number of carbonyl (C=O) groups excluding carboxylic acids is 3. The second-order valence-electron chi connectivity index (χ2n) is 11.7. The summed E-state index contributed by atoms with van der Waals surface area (Å²) in [5.41, 5.74) is 5.82. The molecule has 2 saturated carbocycles. The molecule has 1 aliphatic heterocycles. The lowest BCUT2D eigenvalue weighted by Crippen LogP contribution is -2.59. The first kappa shape index (κ1) is 25.0. The van der Waals surface area contributed by atoms with Crippen molar-refractivity contribution in [1.29, 1.82) is 0 Å². The molecule has 3 aliphatic rings. The molecule has 0 spiro atoms. The standard InChI is InChI=1S/C24H42N4O4/c1-7-8-9-15(18(29)21(31)26-13-10-11-13)27-20(30)17-16-14(24(16,5)6)12-28(17)22(32)19(25)23(2,3)4/h13-19,29H,7-12,25H2,1-6H3,(H,26,31)(H,27,30)/t14-,15-,16-,17-,18-,19+/m0/s1. The number of carbonyl (C=O) groups is 3. The minimum Gasteiger partial charge on any atom is -0.381 e. The highest BCUT2D eigenvalue weighted by Gasteiger charge is 2.69. The van der Waals surface area contributed by atoms with Gasteiger partial charge in [0.25, 0.3) is 5.91 Å². The van der Waals surface area contributed by atoms with Crippen molar-refractivity contribution >= 4 is 17.7 Å². The van der Waals surface area contributed by atoms with Crippen molar-refractivity contribution < 1.29 is 19.5 Å². The van der Waals surface area contributed by atoms with E-state index in [1.165, 1.54) is 0 Å². The first-order valence-corrected chi connectivity index (χ1v) is 12.2. The molecule has 3 rings (SSSR count). The molecule has 3 fully saturated rings. The number of piperidine rings is 1. The minimum atomic E-state index is -1.31. The third-order valence-electron chi connectivity index (χ3n) is 7.73. The van der Waals surface area contributed by atoms with Gasteiger partial charge in [0.05, 0.1) is 12.1 Å². The van der Waals surface area contributed by atoms with E-state index in [-0.39, 0.29) is 35.1 Å². The van der Waals surface area contributed by atoms with Crippen LogP contribution in [0.15, 0.2) is 0 Å². The Kier molecular flexibility index (Phi) is 6.97. The van der Waals surface area contributed by atoms with Gasteiger partial charge in [0.2, 0.25) is 11.8 Å². The molecule has 1 heterocycles. The van der Waals surface area contributed by atoms with Crippen LogP contribution in [0.5, 0.6) is 0 Å². The molecule has 0 aromatic rings. The lowest BCUT2D eigenvalue weighted by atomic mass is 9.86. The second kappa shape index (κ2) is 8.93. The molecule has 1 saturated heterocycles. The van der Waals surface area contributed by atoms with Crippen molar-refractivity contribution in [3.05, 3.63) is 0 Å². The molecule has 0 bridgehead atoms. The molecular formula is C24H42N4O4. The second-order valence-corrected chi connectivity index (χ2v) is 11.7. The van der Waals surface area contributed by atoms with Crippen molar-refractivity contribution in [2.45, 2.75) is 104 Å². The Morgan fingerprint density at radius 1 is 1.22 bits per heavy atom. The Bertz CT molecular complexity index is 743. The normalized spacial score (nSPS) is 29.0. The van der Waals surface area contributed by atoms with Crippen molar-refractivity contribution in [1.82, 2.24) is 15.5 Å². The van der Waals surface area contributed by atoms with Crippen LogP contribution in [0.25, 0.3) is 0 Å². The van der Waals surface area contributed by atoms with Crippen molar-refractivity contribution in [2.24, 2.45) is 28.4 Å². The summed E-state index contributed by atoms with van der Waals surface area (Å²) in [6.45, 7) is 12.5. The number of aliphatic hydroxyl groups excluding tert-OH is 1.